The van der Waals surface area contributed by atoms with E-state index < -0.39 is 28.0 Å². The van der Waals surface area contributed by atoms with Gasteiger partial charge in [-0.1, -0.05) is 13.0 Å². The molecule has 0 fully saturated rings. The highest BCUT2D eigenvalue weighted by atomic mass is 32.2. The zero-order chi connectivity index (χ0) is 23.2. The standard InChI is InChI=1S/C22H30N2O6S/c1-7-20(24(31(6,26)27)16-9-8-10-17(13-16)28-3)22(25)23-15(2)19-14-18(29-4)11-12-21(19)30-5/h8-15,20H,7H2,1-6H3,(H,23,25). The van der Waals surface area contributed by atoms with Gasteiger partial charge >= 0.3 is 0 Å². The Kier molecular flexibility index (Phi) is 8.15. The summed E-state index contributed by atoms with van der Waals surface area (Å²) in [7, 11) is 0.846. The van der Waals surface area contributed by atoms with Gasteiger partial charge in [0, 0.05) is 11.6 Å². The number of methoxy groups -OCH3 is 3. The third-order valence-electron chi connectivity index (χ3n) is 4.90. The van der Waals surface area contributed by atoms with Gasteiger partial charge in [0.05, 0.1) is 39.3 Å². The Morgan fingerprint density at radius 1 is 1.03 bits per heavy atom. The molecule has 170 valence electrons. The zero-order valence-electron chi connectivity index (χ0n) is 18.7. The number of amides is 1. The highest BCUT2D eigenvalue weighted by Crippen LogP contribution is 2.30. The van der Waals surface area contributed by atoms with E-state index in [1.54, 1.807) is 70.5 Å². The number of sulfonamides is 1. The van der Waals surface area contributed by atoms with E-state index in [0.717, 1.165) is 16.1 Å². The molecule has 0 saturated heterocycles. The number of carbonyl (C=O) groups excluding carboxylic acids is 1. The van der Waals surface area contributed by atoms with E-state index in [1.165, 1.54) is 7.11 Å². The number of nitrogens with zero attached hydrogens (tertiary/aromatic N) is 1. The molecule has 0 aliphatic carbocycles. The number of hydrogen-bond donors (Lipinski definition) is 1. The fourth-order valence-corrected chi connectivity index (χ4v) is 4.58. The third-order valence-corrected chi connectivity index (χ3v) is 6.08. The molecule has 1 N–H and O–H groups in total. The van der Waals surface area contributed by atoms with Crippen LogP contribution in [-0.2, 0) is 14.8 Å². The first-order chi connectivity index (χ1) is 14.7. The van der Waals surface area contributed by atoms with Gasteiger partial charge in [-0.05, 0) is 43.7 Å². The summed E-state index contributed by atoms with van der Waals surface area (Å²) >= 11 is 0. The predicted octanol–water partition coefficient (Wildman–Crippen LogP) is 3.13. The van der Waals surface area contributed by atoms with Crippen LogP contribution in [0, 0.1) is 0 Å². The van der Waals surface area contributed by atoms with Crippen molar-refractivity contribution in [2.24, 2.45) is 0 Å². The molecule has 31 heavy (non-hydrogen) atoms. The van der Waals surface area contributed by atoms with Gasteiger partial charge in [0.2, 0.25) is 15.9 Å². The number of nitrogens with one attached hydrogen (secondary N) is 1. The minimum Gasteiger partial charge on any atom is -0.497 e. The number of carbonyl (C=O) groups is 1. The first-order valence-corrected chi connectivity index (χ1v) is 11.7. The fraction of sp³-hybridized carbons (Fsp3) is 0.409. The summed E-state index contributed by atoms with van der Waals surface area (Å²) in [5.74, 6) is 1.29. The van der Waals surface area contributed by atoms with Crippen LogP contribution in [0.15, 0.2) is 42.5 Å². The van der Waals surface area contributed by atoms with Crippen molar-refractivity contribution in [3.05, 3.63) is 48.0 Å². The van der Waals surface area contributed by atoms with Crippen LogP contribution in [0.1, 0.15) is 31.9 Å². The molecular weight excluding hydrogens is 420 g/mol. The summed E-state index contributed by atoms with van der Waals surface area (Å²) < 4.78 is 42.3. The van der Waals surface area contributed by atoms with E-state index in [-0.39, 0.29) is 6.42 Å². The molecule has 9 heteroatoms. The van der Waals surface area contributed by atoms with Crippen molar-refractivity contribution in [1.29, 1.82) is 0 Å². The lowest BCUT2D eigenvalue weighted by Gasteiger charge is -2.31. The van der Waals surface area contributed by atoms with Crippen LogP contribution in [0.3, 0.4) is 0 Å². The van der Waals surface area contributed by atoms with Crippen molar-refractivity contribution in [1.82, 2.24) is 5.32 Å². The van der Waals surface area contributed by atoms with Gasteiger partial charge in [-0.25, -0.2) is 8.42 Å². The van der Waals surface area contributed by atoms with E-state index in [2.05, 4.69) is 5.32 Å². The van der Waals surface area contributed by atoms with E-state index >= 15 is 0 Å². The molecule has 2 aromatic carbocycles. The van der Waals surface area contributed by atoms with E-state index in [0.29, 0.717) is 22.9 Å². The van der Waals surface area contributed by atoms with Gasteiger partial charge in [-0.3, -0.25) is 9.10 Å². The normalized spacial score (nSPS) is 13.1. The average Bonchev–Trinajstić information content (AvgIpc) is 2.75. The lowest BCUT2D eigenvalue weighted by Crippen LogP contribution is -2.49. The Balaban J connectivity index is 2.38. The van der Waals surface area contributed by atoms with Gasteiger partial charge in [0.1, 0.15) is 23.3 Å². The maximum absolute atomic E-state index is 13.2. The summed E-state index contributed by atoms with van der Waals surface area (Å²) in [6, 6.07) is 10.5. The summed E-state index contributed by atoms with van der Waals surface area (Å²) in [6.07, 6.45) is 1.36. The second-order valence-corrected chi connectivity index (χ2v) is 8.88. The van der Waals surface area contributed by atoms with E-state index in [1.807, 2.05) is 0 Å². The first-order valence-electron chi connectivity index (χ1n) is 9.82. The molecule has 0 radical (unpaired) electrons. The molecular formula is C22H30N2O6S. The number of anilines is 1. The molecule has 1 amide bonds. The molecule has 0 heterocycles. The predicted molar refractivity (Wildman–Crippen MR) is 120 cm³/mol. The highest BCUT2D eigenvalue weighted by molar-refractivity contribution is 7.92. The van der Waals surface area contributed by atoms with Crippen molar-refractivity contribution in [3.63, 3.8) is 0 Å². The van der Waals surface area contributed by atoms with E-state index in [9.17, 15) is 13.2 Å². The van der Waals surface area contributed by atoms with Gasteiger partial charge in [0.25, 0.3) is 0 Å². The number of ether oxygens (including phenoxy) is 3. The number of hydrogen-bond acceptors (Lipinski definition) is 6. The monoisotopic (exact) mass is 450 g/mol. The minimum atomic E-state index is -3.75. The zero-order valence-corrected chi connectivity index (χ0v) is 19.5. The van der Waals surface area contributed by atoms with Gasteiger partial charge in [-0.2, -0.15) is 0 Å². The van der Waals surface area contributed by atoms with Crippen LogP contribution in [0.4, 0.5) is 5.69 Å². The van der Waals surface area contributed by atoms with Gasteiger partial charge in [-0.15, -0.1) is 0 Å². The maximum Gasteiger partial charge on any atom is 0.244 e. The largest absolute Gasteiger partial charge is 0.497 e. The average molecular weight is 451 g/mol. The summed E-state index contributed by atoms with van der Waals surface area (Å²) in [5.41, 5.74) is 1.08. The Morgan fingerprint density at radius 2 is 1.68 bits per heavy atom. The minimum absolute atomic E-state index is 0.276. The van der Waals surface area contributed by atoms with Crippen molar-refractivity contribution in [2.45, 2.75) is 32.4 Å². The Labute approximate surface area is 184 Å². The Morgan fingerprint density at radius 3 is 2.23 bits per heavy atom. The first kappa shape index (κ1) is 24.3. The van der Waals surface area contributed by atoms with Crippen molar-refractivity contribution < 1.29 is 27.4 Å². The van der Waals surface area contributed by atoms with Crippen molar-refractivity contribution in [2.75, 3.05) is 31.9 Å². The summed E-state index contributed by atoms with van der Waals surface area (Å²) in [6.45, 7) is 3.57. The third kappa shape index (κ3) is 5.81. The SMILES string of the molecule is CCC(C(=O)NC(C)c1cc(OC)ccc1OC)N(c1cccc(OC)c1)S(C)(=O)=O. The van der Waals surface area contributed by atoms with Gasteiger partial charge < -0.3 is 19.5 Å². The van der Waals surface area contributed by atoms with Crippen LogP contribution in [0.2, 0.25) is 0 Å². The van der Waals surface area contributed by atoms with E-state index in [4.69, 9.17) is 14.2 Å². The topological polar surface area (TPSA) is 94.2 Å². The molecule has 2 atom stereocenters. The molecule has 0 aromatic heterocycles. The second-order valence-electron chi connectivity index (χ2n) is 7.02. The lowest BCUT2D eigenvalue weighted by molar-refractivity contribution is -0.122. The second kappa shape index (κ2) is 10.4. The molecule has 0 bridgehead atoms. The molecule has 0 spiro atoms. The van der Waals surface area contributed by atoms with Crippen LogP contribution >= 0.6 is 0 Å². The van der Waals surface area contributed by atoms with Crippen LogP contribution in [0.5, 0.6) is 17.2 Å². The Bertz CT molecular complexity index is 1010. The molecule has 2 rings (SSSR count). The molecule has 0 aliphatic heterocycles. The molecule has 2 unspecified atom stereocenters. The van der Waals surface area contributed by atoms with Crippen LogP contribution in [-0.4, -0.2) is 48.0 Å². The molecule has 0 aliphatic rings. The molecule has 0 saturated carbocycles. The number of rotatable bonds is 10. The lowest BCUT2D eigenvalue weighted by atomic mass is 10.1. The van der Waals surface area contributed by atoms with Gasteiger partial charge in [0.15, 0.2) is 0 Å². The van der Waals surface area contributed by atoms with Crippen LogP contribution in [0.25, 0.3) is 0 Å². The summed E-state index contributed by atoms with van der Waals surface area (Å²) in [5, 5.41) is 2.91. The molecule has 2 aromatic rings. The quantitative estimate of drug-likeness (QED) is 0.598. The molecule has 8 nitrogen and oxygen atoms in total. The maximum atomic E-state index is 13.2. The highest BCUT2D eigenvalue weighted by Gasteiger charge is 2.32. The van der Waals surface area contributed by atoms with Crippen molar-refractivity contribution >= 4 is 21.6 Å². The van der Waals surface area contributed by atoms with Crippen LogP contribution < -0.4 is 23.8 Å². The van der Waals surface area contributed by atoms with Crippen molar-refractivity contribution in [3.8, 4) is 17.2 Å². The summed E-state index contributed by atoms with van der Waals surface area (Å²) in [4.78, 5) is 13.2. The fourth-order valence-electron chi connectivity index (χ4n) is 3.37. The smallest absolute Gasteiger partial charge is 0.244 e. The number of benzene rings is 2. The Hall–Kier alpha value is -2.94.